The molecule has 186 valence electrons. The number of rotatable bonds is 6. The predicted octanol–water partition coefficient (Wildman–Crippen LogP) is 3.92. The van der Waals surface area contributed by atoms with E-state index in [1.165, 1.54) is 0 Å². The van der Waals surface area contributed by atoms with Crippen LogP contribution >= 0.6 is 0 Å². The van der Waals surface area contributed by atoms with Crippen LogP contribution in [0.5, 0.6) is 0 Å². The minimum Gasteiger partial charge on any atom is -0.444 e. The summed E-state index contributed by atoms with van der Waals surface area (Å²) in [4.78, 5) is 27.1. The van der Waals surface area contributed by atoms with Gasteiger partial charge in [0.15, 0.2) is 0 Å². The fourth-order valence-electron chi connectivity index (χ4n) is 4.00. The van der Waals surface area contributed by atoms with Gasteiger partial charge in [-0.1, -0.05) is 12.1 Å². The van der Waals surface area contributed by atoms with E-state index in [1.807, 2.05) is 50.6 Å². The van der Waals surface area contributed by atoms with Gasteiger partial charge in [-0.05, 0) is 70.4 Å². The number of carbonyl (C=O) groups is 2. The van der Waals surface area contributed by atoms with Crippen molar-refractivity contribution in [3.05, 3.63) is 53.9 Å². The Labute approximate surface area is 201 Å². The molecule has 1 unspecified atom stereocenters. The molecule has 1 fully saturated rings. The third-order valence-corrected chi connectivity index (χ3v) is 6.17. The van der Waals surface area contributed by atoms with E-state index in [1.54, 1.807) is 29.2 Å². The van der Waals surface area contributed by atoms with E-state index in [-0.39, 0.29) is 24.1 Å². The van der Waals surface area contributed by atoms with E-state index < -0.39 is 15.6 Å². The zero-order valence-electron chi connectivity index (χ0n) is 20.4. The van der Waals surface area contributed by atoms with Gasteiger partial charge in [0, 0.05) is 31.0 Å². The van der Waals surface area contributed by atoms with Crippen LogP contribution in [0.25, 0.3) is 0 Å². The van der Waals surface area contributed by atoms with E-state index in [4.69, 9.17) is 4.74 Å². The molecule has 2 amide bonds. The lowest BCUT2D eigenvalue weighted by Crippen LogP contribution is -2.42. The smallest absolute Gasteiger partial charge is 0.410 e. The van der Waals surface area contributed by atoms with Gasteiger partial charge in [-0.15, -0.1) is 0 Å². The van der Waals surface area contributed by atoms with Gasteiger partial charge in [0.05, 0.1) is 12.3 Å². The highest BCUT2D eigenvalue weighted by Gasteiger charge is 2.29. The zero-order valence-corrected chi connectivity index (χ0v) is 21.2. The molecular weight excluding hydrogens is 456 g/mol. The van der Waals surface area contributed by atoms with Gasteiger partial charge in [-0.25, -0.2) is 13.2 Å². The molecular formula is C24H34N4O5S. The summed E-state index contributed by atoms with van der Waals surface area (Å²) in [6.45, 7) is 8.53. The minimum absolute atomic E-state index is 0.104. The summed E-state index contributed by atoms with van der Waals surface area (Å²) in [6.07, 6.45) is 4.13. The topological polar surface area (TPSA) is 110 Å². The molecule has 0 saturated carbocycles. The second kappa shape index (κ2) is 10.1. The predicted molar refractivity (Wildman–Crippen MR) is 131 cm³/mol. The molecule has 0 spiro atoms. The van der Waals surface area contributed by atoms with Gasteiger partial charge in [0.1, 0.15) is 11.3 Å². The Morgan fingerprint density at radius 1 is 1.12 bits per heavy atom. The maximum Gasteiger partial charge on any atom is 0.410 e. The van der Waals surface area contributed by atoms with Crippen LogP contribution in [0, 0.1) is 0 Å². The largest absolute Gasteiger partial charge is 0.444 e. The number of aromatic nitrogens is 1. The Balaban J connectivity index is 1.63. The van der Waals surface area contributed by atoms with Crippen molar-refractivity contribution in [1.29, 1.82) is 0 Å². The van der Waals surface area contributed by atoms with Crippen molar-refractivity contribution in [2.24, 2.45) is 0 Å². The summed E-state index contributed by atoms with van der Waals surface area (Å²) in [7, 11) is -3.39. The van der Waals surface area contributed by atoms with Crippen LogP contribution in [-0.4, -0.2) is 54.8 Å². The quantitative estimate of drug-likeness (QED) is 0.638. The molecule has 2 N–H and O–H groups in total. The van der Waals surface area contributed by atoms with Crippen LogP contribution in [0.2, 0.25) is 0 Å². The number of nitrogens with one attached hydrogen (secondary N) is 2. The van der Waals surface area contributed by atoms with E-state index in [2.05, 4.69) is 10.0 Å². The van der Waals surface area contributed by atoms with Gasteiger partial charge in [-0.2, -0.15) is 0 Å². The highest BCUT2D eigenvalue weighted by atomic mass is 32.2. The van der Waals surface area contributed by atoms with Crippen molar-refractivity contribution in [3.8, 4) is 0 Å². The fraction of sp³-hybridized carbons (Fsp3) is 0.500. The number of ether oxygens (including phenoxy) is 1. The SMILES string of the molecule is CC(NC(=O)c1cccn1C1CCN(C(=O)OC(C)(C)C)CC1)c1cccc(NS(C)(=O)=O)c1. The van der Waals surface area contributed by atoms with E-state index in [0.29, 0.717) is 24.5 Å². The number of hydrogen-bond acceptors (Lipinski definition) is 5. The highest BCUT2D eigenvalue weighted by Crippen LogP contribution is 2.26. The summed E-state index contributed by atoms with van der Waals surface area (Å²) in [5.74, 6) is -0.214. The molecule has 1 aliphatic heterocycles. The van der Waals surface area contributed by atoms with Crippen molar-refractivity contribution in [2.45, 2.75) is 58.2 Å². The zero-order chi connectivity index (χ0) is 25.1. The average molecular weight is 491 g/mol. The standard InChI is InChI=1S/C24H34N4O5S/c1-17(18-8-6-9-19(16-18)26-34(5,31)32)25-22(29)21-10-7-13-28(21)20-11-14-27(15-12-20)23(30)33-24(2,3)4/h6-10,13,16-17,20,26H,11-12,14-15H2,1-5H3,(H,25,29). The number of anilines is 1. The fourth-order valence-corrected chi connectivity index (χ4v) is 4.55. The van der Waals surface area contributed by atoms with E-state index >= 15 is 0 Å². The first-order valence-electron chi connectivity index (χ1n) is 11.4. The monoisotopic (exact) mass is 490 g/mol. The second-order valence-corrected chi connectivity index (χ2v) is 11.4. The maximum absolute atomic E-state index is 13.1. The molecule has 3 rings (SSSR count). The molecule has 1 atom stereocenters. The average Bonchev–Trinajstić information content (AvgIpc) is 3.21. The molecule has 1 aromatic heterocycles. The second-order valence-electron chi connectivity index (χ2n) is 9.69. The molecule has 1 aliphatic rings. The molecule has 0 bridgehead atoms. The lowest BCUT2D eigenvalue weighted by molar-refractivity contribution is 0.0187. The Kier molecular flexibility index (Phi) is 7.60. The first kappa shape index (κ1) is 25.6. The van der Waals surface area contributed by atoms with Gasteiger partial charge in [0.25, 0.3) is 5.91 Å². The normalized spacial score (nSPS) is 16.1. The molecule has 0 aliphatic carbocycles. The van der Waals surface area contributed by atoms with Crippen LogP contribution in [0.4, 0.5) is 10.5 Å². The van der Waals surface area contributed by atoms with Crippen LogP contribution in [0.15, 0.2) is 42.6 Å². The van der Waals surface area contributed by atoms with Crippen molar-refractivity contribution >= 4 is 27.7 Å². The number of sulfonamides is 1. The van der Waals surface area contributed by atoms with Crippen molar-refractivity contribution in [1.82, 2.24) is 14.8 Å². The van der Waals surface area contributed by atoms with Crippen molar-refractivity contribution in [3.63, 3.8) is 0 Å². The molecule has 10 heteroatoms. The Hall–Kier alpha value is -3.01. The van der Waals surface area contributed by atoms with E-state index in [9.17, 15) is 18.0 Å². The number of nitrogens with zero attached hydrogens (tertiary/aromatic N) is 2. The molecule has 2 heterocycles. The maximum atomic E-state index is 13.1. The lowest BCUT2D eigenvalue weighted by Gasteiger charge is -2.34. The van der Waals surface area contributed by atoms with Gasteiger partial charge >= 0.3 is 6.09 Å². The van der Waals surface area contributed by atoms with Gasteiger partial charge in [0.2, 0.25) is 10.0 Å². The van der Waals surface area contributed by atoms with Gasteiger partial charge < -0.3 is 19.5 Å². The first-order valence-corrected chi connectivity index (χ1v) is 13.2. The van der Waals surface area contributed by atoms with Crippen LogP contribution in [0.3, 0.4) is 0 Å². The first-order chi connectivity index (χ1) is 15.8. The summed E-state index contributed by atoms with van der Waals surface area (Å²) < 4.78 is 32.9. The number of piperidine rings is 1. The van der Waals surface area contributed by atoms with Crippen molar-refractivity contribution in [2.75, 3.05) is 24.1 Å². The molecule has 2 aromatic rings. The van der Waals surface area contributed by atoms with Crippen molar-refractivity contribution < 1.29 is 22.7 Å². The number of likely N-dealkylation sites (tertiary alicyclic amines) is 1. The van der Waals surface area contributed by atoms with Crippen LogP contribution < -0.4 is 10.0 Å². The number of amides is 2. The third-order valence-electron chi connectivity index (χ3n) is 5.56. The lowest BCUT2D eigenvalue weighted by atomic mass is 10.0. The number of benzene rings is 1. The van der Waals surface area contributed by atoms with Crippen LogP contribution in [0.1, 0.15) is 68.7 Å². The minimum atomic E-state index is -3.39. The highest BCUT2D eigenvalue weighted by molar-refractivity contribution is 7.92. The molecule has 0 radical (unpaired) electrons. The Morgan fingerprint density at radius 2 is 1.79 bits per heavy atom. The molecule has 1 saturated heterocycles. The third kappa shape index (κ3) is 6.99. The number of carbonyl (C=O) groups excluding carboxylic acids is 2. The summed E-state index contributed by atoms with van der Waals surface area (Å²) in [5, 5.41) is 3.00. The van der Waals surface area contributed by atoms with Gasteiger partial charge in [-0.3, -0.25) is 9.52 Å². The summed E-state index contributed by atoms with van der Waals surface area (Å²) in [5.41, 5.74) is 1.25. The Bertz CT molecular complexity index is 1130. The van der Waals surface area contributed by atoms with Crippen LogP contribution in [-0.2, 0) is 14.8 Å². The summed E-state index contributed by atoms with van der Waals surface area (Å²) in [6, 6.07) is 10.3. The molecule has 1 aromatic carbocycles. The number of hydrogen-bond donors (Lipinski definition) is 2. The molecule has 34 heavy (non-hydrogen) atoms. The molecule has 9 nitrogen and oxygen atoms in total. The van der Waals surface area contributed by atoms with E-state index in [0.717, 1.165) is 24.7 Å². The summed E-state index contributed by atoms with van der Waals surface area (Å²) >= 11 is 0. The Morgan fingerprint density at radius 3 is 2.41 bits per heavy atom.